The van der Waals surface area contributed by atoms with Crippen LogP contribution >= 0.6 is 11.8 Å². The van der Waals surface area contributed by atoms with Gasteiger partial charge in [-0.25, -0.2) is 0 Å². The maximum Gasteiger partial charge on any atom is 0.220 e. The first-order valence-electron chi connectivity index (χ1n) is 4.09. The fraction of sp³-hybridized carbons (Fsp3) is 0.300. The fourth-order valence-corrected chi connectivity index (χ4v) is 1.80. The van der Waals surface area contributed by atoms with Gasteiger partial charge in [0.1, 0.15) is 0 Å². The van der Waals surface area contributed by atoms with Crippen molar-refractivity contribution in [1.82, 2.24) is 0 Å². The Labute approximate surface area is 81.6 Å². The molecule has 70 valence electrons. The molecule has 1 aromatic carbocycles. The lowest BCUT2D eigenvalue weighted by molar-refractivity contribution is 0.470. The Kier molecular flexibility index (Phi) is 3.37. The number of aromatic hydroxyl groups is 1. The summed E-state index contributed by atoms with van der Waals surface area (Å²) >= 11 is 1.62. The van der Waals surface area contributed by atoms with Crippen LogP contribution in [0.4, 0.5) is 0 Å². The lowest BCUT2D eigenvalue weighted by Crippen LogP contribution is -1.91. The summed E-state index contributed by atoms with van der Waals surface area (Å²) in [7, 11) is 0. The minimum Gasteiger partial charge on any atom is -0.504 e. The van der Waals surface area contributed by atoms with Gasteiger partial charge in [-0.1, -0.05) is 19.9 Å². The van der Waals surface area contributed by atoms with Crippen molar-refractivity contribution >= 4 is 11.8 Å². The average molecular weight is 196 g/mol. The Bertz CT molecular complexity index is 347. The molecule has 2 nitrogen and oxygen atoms in total. The summed E-state index contributed by atoms with van der Waals surface area (Å²) in [5.41, 5.74) is -0.337. The van der Waals surface area contributed by atoms with Crippen LogP contribution < -0.4 is 5.43 Å². The van der Waals surface area contributed by atoms with Crippen molar-refractivity contribution in [2.24, 2.45) is 0 Å². The van der Waals surface area contributed by atoms with Crippen LogP contribution in [0, 0.1) is 0 Å². The van der Waals surface area contributed by atoms with Crippen molar-refractivity contribution in [2.75, 3.05) is 0 Å². The molecule has 0 atom stereocenters. The van der Waals surface area contributed by atoms with Crippen molar-refractivity contribution in [3.05, 3.63) is 34.5 Å². The van der Waals surface area contributed by atoms with Gasteiger partial charge in [0, 0.05) is 10.1 Å². The van der Waals surface area contributed by atoms with Crippen molar-refractivity contribution in [2.45, 2.75) is 24.0 Å². The topological polar surface area (TPSA) is 37.3 Å². The van der Waals surface area contributed by atoms with Crippen LogP contribution in [0.25, 0.3) is 0 Å². The molecule has 3 heteroatoms. The molecule has 1 rings (SSSR count). The van der Waals surface area contributed by atoms with E-state index in [1.807, 2.05) is 6.07 Å². The van der Waals surface area contributed by atoms with Crippen molar-refractivity contribution < 1.29 is 5.11 Å². The molecule has 13 heavy (non-hydrogen) atoms. The Hall–Kier alpha value is -0.960. The largest absolute Gasteiger partial charge is 0.504 e. The predicted octanol–water partition coefficient (Wildman–Crippen LogP) is 2.25. The van der Waals surface area contributed by atoms with E-state index in [-0.39, 0.29) is 11.2 Å². The summed E-state index contributed by atoms with van der Waals surface area (Å²) in [6.07, 6.45) is 0. The fourth-order valence-electron chi connectivity index (χ4n) is 0.915. The lowest BCUT2D eigenvalue weighted by atomic mass is 10.5. The molecule has 0 unspecified atom stereocenters. The summed E-state index contributed by atoms with van der Waals surface area (Å²) in [5.74, 6) is -0.187. The maximum atomic E-state index is 11.0. The van der Waals surface area contributed by atoms with Crippen LogP contribution in [0.5, 0.6) is 5.75 Å². The SMILES string of the molecule is CC(C)Sc1cccc(=O)c(O)c1. The zero-order chi connectivity index (χ0) is 9.84. The van der Waals surface area contributed by atoms with Crippen LogP contribution in [0.1, 0.15) is 13.8 Å². The van der Waals surface area contributed by atoms with Gasteiger partial charge in [-0.15, -0.1) is 11.8 Å². The van der Waals surface area contributed by atoms with Gasteiger partial charge < -0.3 is 5.11 Å². The van der Waals surface area contributed by atoms with Crippen LogP contribution in [-0.4, -0.2) is 10.4 Å². The Morgan fingerprint density at radius 2 is 2.08 bits per heavy atom. The maximum absolute atomic E-state index is 11.0. The zero-order valence-corrected chi connectivity index (χ0v) is 8.47. The summed E-state index contributed by atoms with van der Waals surface area (Å²) in [5, 5.41) is 9.69. The molecule has 0 saturated carbocycles. The van der Waals surface area contributed by atoms with Crippen LogP contribution in [-0.2, 0) is 0 Å². The zero-order valence-electron chi connectivity index (χ0n) is 7.65. The Morgan fingerprint density at radius 1 is 1.38 bits per heavy atom. The van der Waals surface area contributed by atoms with E-state index in [2.05, 4.69) is 13.8 Å². The van der Waals surface area contributed by atoms with Crippen molar-refractivity contribution in [1.29, 1.82) is 0 Å². The smallest absolute Gasteiger partial charge is 0.220 e. The minimum atomic E-state index is -0.337. The summed E-state index contributed by atoms with van der Waals surface area (Å²) in [4.78, 5) is 11.9. The molecule has 0 saturated heterocycles. The molecule has 0 heterocycles. The standard InChI is InChI=1S/C10H12O2S/c1-7(2)13-8-4-3-5-9(11)10(12)6-8/h3-7H,1-2H3,(H,11,12). The van der Waals surface area contributed by atoms with E-state index in [0.717, 1.165) is 4.90 Å². The molecule has 0 spiro atoms. The highest BCUT2D eigenvalue weighted by molar-refractivity contribution is 7.99. The molecule has 0 bridgehead atoms. The van der Waals surface area contributed by atoms with Gasteiger partial charge in [-0.05, 0) is 18.2 Å². The van der Waals surface area contributed by atoms with Crippen LogP contribution in [0.2, 0.25) is 0 Å². The molecular formula is C10H12O2S. The van der Waals surface area contributed by atoms with E-state index in [0.29, 0.717) is 5.25 Å². The normalized spacial score (nSPS) is 10.4. The summed E-state index contributed by atoms with van der Waals surface area (Å²) in [6, 6.07) is 6.35. The van der Waals surface area contributed by atoms with E-state index in [4.69, 9.17) is 0 Å². The second-order valence-corrected chi connectivity index (χ2v) is 4.64. The van der Waals surface area contributed by atoms with E-state index in [9.17, 15) is 9.90 Å². The summed E-state index contributed by atoms with van der Waals surface area (Å²) < 4.78 is 0. The molecule has 0 aliphatic rings. The van der Waals surface area contributed by atoms with Gasteiger partial charge in [-0.3, -0.25) is 4.79 Å². The highest BCUT2D eigenvalue weighted by Crippen LogP contribution is 2.23. The number of hydrogen-bond donors (Lipinski definition) is 1. The first kappa shape index (κ1) is 10.1. The van der Waals surface area contributed by atoms with Crippen molar-refractivity contribution in [3.63, 3.8) is 0 Å². The molecule has 1 N–H and O–H groups in total. The second kappa shape index (κ2) is 4.33. The number of hydrogen-bond acceptors (Lipinski definition) is 3. The third kappa shape index (κ3) is 3.11. The van der Waals surface area contributed by atoms with Crippen LogP contribution in [0.3, 0.4) is 0 Å². The molecule has 0 aliphatic carbocycles. The Balaban J connectivity index is 3.06. The molecule has 0 aromatic heterocycles. The molecule has 0 amide bonds. The van der Waals surface area contributed by atoms with E-state index in [1.165, 1.54) is 12.1 Å². The summed E-state index contributed by atoms with van der Waals surface area (Å²) in [6.45, 7) is 4.12. The number of rotatable bonds is 2. The van der Waals surface area contributed by atoms with Gasteiger partial charge in [0.15, 0.2) is 5.75 Å². The first-order valence-corrected chi connectivity index (χ1v) is 4.97. The quantitative estimate of drug-likeness (QED) is 0.737. The van der Waals surface area contributed by atoms with Gasteiger partial charge in [0.25, 0.3) is 0 Å². The van der Waals surface area contributed by atoms with Crippen molar-refractivity contribution in [3.8, 4) is 5.75 Å². The van der Waals surface area contributed by atoms with Gasteiger partial charge in [0.05, 0.1) is 0 Å². The molecule has 0 aliphatic heterocycles. The molecule has 0 radical (unpaired) electrons. The highest BCUT2D eigenvalue weighted by Gasteiger charge is 1.99. The second-order valence-electron chi connectivity index (χ2n) is 2.99. The lowest BCUT2D eigenvalue weighted by Gasteiger charge is -2.01. The predicted molar refractivity (Wildman–Crippen MR) is 55.4 cm³/mol. The minimum absolute atomic E-state index is 0.187. The van der Waals surface area contributed by atoms with E-state index in [1.54, 1.807) is 17.8 Å². The van der Waals surface area contributed by atoms with E-state index < -0.39 is 0 Å². The Morgan fingerprint density at radius 3 is 2.69 bits per heavy atom. The molecular weight excluding hydrogens is 184 g/mol. The monoisotopic (exact) mass is 196 g/mol. The third-order valence-electron chi connectivity index (χ3n) is 1.41. The highest BCUT2D eigenvalue weighted by atomic mass is 32.2. The molecule has 1 aromatic rings. The van der Waals surface area contributed by atoms with Gasteiger partial charge in [-0.2, -0.15) is 0 Å². The van der Waals surface area contributed by atoms with E-state index >= 15 is 0 Å². The first-order chi connectivity index (χ1) is 6.09. The molecule has 0 fully saturated rings. The van der Waals surface area contributed by atoms with Gasteiger partial charge in [0.2, 0.25) is 5.43 Å². The number of thioether (sulfide) groups is 1. The average Bonchev–Trinajstić information content (AvgIpc) is 2.14. The third-order valence-corrected chi connectivity index (χ3v) is 2.41. The van der Waals surface area contributed by atoms with Crippen LogP contribution in [0.15, 0.2) is 34.0 Å². The van der Waals surface area contributed by atoms with Gasteiger partial charge >= 0.3 is 0 Å².